The molecule has 0 saturated carbocycles. The molecule has 50 valence electrons. The van der Waals surface area contributed by atoms with Gasteiger partial charge in [0.1, 0.15) is 0 Å². The summed E-state index contributed by atoms with van der Waals surface area (Å²) in [7, 11) is 0. The normalized spacial score (nSPS) is 18.0. The van der Waals surface area contributed by atoms with Gasteiger partial charge in [0.25, 0.3) is 0 Å². The highest BCUT2D eigenvalue weighted by Crippen LogP contribution is 2.03. The SMILES string of the molecule is CCC(O)CC(C)F. The van der Waals surface area contributed by atoms with E-state index in [1.165, 1.54) is 6.92 Å². The summed E-state index contributed by atoms with van der Waals surface area (Å²) in [5.74, 6) is 0. The van der Waals surface area contributed by atoms with Crippen LogP contribution in [0.2, 0.25) is 0 Å². The van der Waals surface area contributed by atoms with E-state index in [1.54, 1.807) is 0 Å². The Hall–Kier alpha value is -0.110. The van der Waals surface area contributed by atoms with Gasteiger partial charge in [-0.3, -0.25) is 0 Å². The first-order valence-corrected chi connectivity index (χ1v) is 2.99. The number of hydrogen-bond acceptors (Lipinski definition) is 1. The van der Waals surface area contributed by atoms with E-state index in [1.807, 2.05) is 6.92 Å². The van der Waals surface area contributed by atoms with Crippen LogP contribution in [0.4, 0.5) is 4.39 Å². The molecule has 1 nitrogen and oxygen atoms in total. The predicted octanol–water partition coefficient (Wildman–Crippen LogP) is 1.51. The number of aliphatic hydroxyl groups excluding tert-OH is 1. The lowest BCUT2D eigenvalue weighted by Crippen LogP contribution is -2.09. The first kappa shape index (κ1) is 7.89. The van der Waals surface area contributed by atoms with Crippen molar-refractivity contribution in [3.63, 3.8) is 0 Å². The standard InChI is InChI=1S/C6H13FO/c1-3-6(8)4-5(2)7/h5-6,8H,3-4H2,1-2H3. The highest BCUT2D eigenvalue weighted by molar-refractivity contribution is 4.56. The van der Waals surface area contributed by atoms with Crippen molar-refractivity contribution in [2.24, 2.45) is 0 Å². The summed E-state index contributed by atoms with van der Waals surface area (Å²) >= 11 is 0. The molecule has 0 aromatic rings. The summed E-state index contributed by atoms with van der Waals surface area (Å²) < 4.78 is 12.0. The van der Waals surface area contributed by atoms with Gasteiger partial charge < -0.3 is 5.11 Å². The van der Waals surface area contributed by atoms with E-state index in [0.29, 0.717) is 6.42 Å². The Bertz CT molecular complexity index is 54.5. The molecular formula is C6H13FO. The number of hydrogen-bond donors (Lipinski definition) is 1. The van der Waals surface area contributed by atoms with Gasteiger partial charge in [-0.05, 0) is 13.3 Å². The molecule has 0 rings (SSSR count). The van der Waals surface area contributed by atoms with Crippen molar-refractivity contribution < 1.29 is 9.50 Å². The summed E-state index contributed by atoms with van der Waals surface area (Å²) in [6.07, 6.45) is -0.398. The number of halogens is 1. The van der Waals surface area contributed by atoms with Crippen molar-refractivity contribution in [1.29, 1.82) is 0 Å². The third-order valence-corrected chi connectivity index (χ3v) is 1.07. The van der Waals surface area contributed by atoms with Gasteiger partial charge in [-0.1, -0.05) is 6.92 Å². The Morgan fingerprint density at radius 3 is 2.25 bits per heavy atom. The second-order valence-corrected chi connectivity index (χ2v) is 2.08. The van der Waals surface area contributed by atoms with Gasteiger partial charge in [0.15, 0.2) is 0 Å². The van der Waals surface area contributed by atoms with Crippen LogP contribution in [0.25, 0.3) is 0 Å². The maximum Gasteiger partial charge on any atom is 0.0998 e. The molecule has 0 saturated heterocycles. The number of rotatable bonds is 3. The Morgan fingerprint density at radius 2 is 2.12 bits per heavy atom. The lowest BCUT2D eigenvalue weighted by atomic mass is 10.1. The molecule has 0 heterocycles. The van der Waals surface area contributed by atoms with Crippen LogP contribution in [0.15, 0.2) is 0 Å². The maximum absolute atomic E-state index is 12.0. The van der Waals surface area contributed by atoms with Crippen molar-refractivity contribution in [3.8, 4) is 0 Å². The fourth-order valence-corrected chi connectivity index (χ4v) is 0.542. The molecule has 0 aromatic heterocycles. The smallest absolute Gasteiger partial charge is 0.0998 e. The van der Waals surface area contributed by atoms with Crippen LogP contribution in [-0.4, -0.2) is 17.4 Å². The molecule has 0 amide bonds. The molecule has 8 heavy (non-hydrogen) atoms. The van der Waals surface area contributed by atoms with E-state index >= 15 is 0 Å². The Morgan fingerprint density at radius 1 is 1.62 bits per heavy atom. The highest BCUT2D eigenvalue weighted by atomic mass is 19.1. The van der Waals surface area contributed by atoms with Crippen molar-refractivity contribution >= 4 is 0 Å². The summed E-state index contributed by atoms with van der Waals surface area (Å²) in [5, 5.41) is 8.79. The van der Waals surface area contributed by atoms with E-state index in [9.17, 15) is 4.39 Å². The summed E-state index contributed by atoms with van der Waals surface area (Å²) in [6, 6.07) is 0. The first-order chi connectivity index (χ1) is 3.66. The lowest BCUT2D eigenvalue weighted by Gasteiger charge is -2.06. The lowest BCUT2D eigenvalue weighted by molar-refractivity contribution is 0.128. The van der Waals surface area contributed by atoms with Crippen LogP contribution in [0, 0.1) is 0 Å². The Kier molecular flexibility index (Phi) is 3.79. The van der Waals surface area contributed by atoms with E-state index in [4.69, 9.17) is 5.11 Å². The highest BCUT2D eigenvalue weighted by Gasteiger charge is 2.04. The zero-order chi connectivity index (χ0) is 6.57. The maximum atomic E-state index is 12.0. The fraction of sp³-hybridized carbons (Fsp3) is 1.00. The summed E-state index contributed by atoms with van der Waals surface area (Å²) in [5.41, 5.74) is 0. The van der Waals surface area contributed by atoms with Gasteiger partial charge in [-0.25, -0.2) is 4.39 Å². The minimum Gasteiger partial charge on any atom is -0.393 e. The largest absolute Gasteiger partial charge is 0.393 e. The van der Waals surface area contributed by atoms with Gasteiger partial charge in [0.2, 0.25) is 0 Å². The van der Waals surface area contributed by atoms with Crippen molar-refractivity contribution in [2.75, 3.05) is 0 Å². The molecular weight excluding hydrogens is 107 g/mol. The van der Waals surface area contributed by atoms with Crippen LogP contribution >= 0.6 is 0 Å². The first-order valence-electron chi connectivity index (χ1n) is 2.99. The van der Waals surface area contributed by atoms with Crippen LogP contribution in [0.5, 0.6) is 0 Å². The molecule has 0 aliphatic carbocycles. The minimum atomic E-state index is -0.870. The summed E-state index contributed by atoms with van der Waals surface area (Å²) in [4.78, 5) is 0. The van der Waals surface area contributed by atoms with Gasteiger partial charge in [0, 0.05) is 6.42 Å². The predicted molar refractivity (Wildman–Crippen MR) is 31.5 cm³/mol. The average molecular weight is 120 g/mol. The Balaban J connectivity index is 3.10. The average Bonchev–Trinajstić information content (AvgIpc) is 1.65. The molecule has 1 N–H and O–H groups in total. The molecule has 0 aromatic carbocycles. The minimum absolute atomic E-state index is 0.274. The third-order valence-electron chi connectivity index (χ3n) is 1.07. The van der Waals surface area contributed by atoms with Crippen LogP contribution in [0.3, 0.4) is 0 Å². The molecule has 0 radical (unpaired) electrons. The molecule has 2 heteroatoms. The van der Waals surface area contributed by atoms with Crippen LogP contribution < -0.4 is 0 Å². The van der Waals surface area contributed by atoms with E-state index in [0.717, 1.165) is 0 Å². The zero-order valence-electron chi connectivity index (χ0n) is 5.39. The van der Waals surface area contributed by atoms with Crippen molar-refractivity contribution in [3.05, 3.63) is 0 Å². The zero-order valence-corrected chi connectivity index (χ0v) is 5.39. The number of aliphatic hydroxyl groups is 1. The quantitative estimate of drug-likeness (QED) is 0.598. The van der Waals surface area contributed by atoms with Crippen molar-refractivity contribution in [2.45, 2.75) is 39.0 Å². The van der Waals surface area contributed by atoms with E-state index < -0.39 is 12.3 Å². The molecule has 2 atom stereocenters. The van der Waals surface area contributed by atoms with Crippen LogP contribution in [0.1, 0.15) is 26.7 Å². The second-order valence-electron chi connectivity index (χ2n) is 2.08. The molecule has 0 aliphatic heterocycles. The van der Waals surface area contributed by atoms with Crippen LogP contribution in [-0.2, 0) is 0 Å². The van der Waals surface area contributed by atoms with Gasteiger partial charge >= 0.3 is 0 Å². The second kappa shape index (κ2) is 3.84. The molecule has 0 aliphatic rings. The molecule has 0 spiro atoms. The monoisotopic (exact) mass is 120 g/mol. The van der Waals surface area contributed by atoms with Gasteiger partial charge in [0.05, 0.1) is 12.3 Å². The fourth-order valence-electron chi connectivity index (χ4n) is 0.542. The summed E-state index contributed by atoms with van der Waals surface area (Å²) in [6.45, 7) is 3.30. The van der Waals surface area contributed by atoms with Gasteiger partial charge in [-0.15, -0.1) is 0 Å². The molecule has 0 fully saturated rings. The molecule has 2 unspecified atom stereocenters. The molecule has 0 bridgehead atoms. The van der Waals surface area contributed by atoms with E-state index in [-0.39, 0.29) is 6.42 Å². The topological polar surface area (TPSA) is 20.2 Å². The third kappa shape index (κ3) is 4.06. The van der Waals surface area contributed by atoms with Crippen molar-refractivity contribution in [1.82, 2.24) is 0 Å². The Labute approximate surface area is 49.5 Å². The van der Waals surface area contributed by atoms with E-state index in [2.05, 4.69) is 0 Å². The number of alkyl halides is 1. The van der Waals surface area contributed by atoms with Gasteiger partial charge in [-0.2, -0.15) is 0 Å².